The first-order valence-electron chi connectivity index (χ1n) is 7.33. The highest BCUT2D eigenvalue weighted by Gasteiger charge is 2.37. The van der Waals surface area contributed by atoms with E-state index in [9.17, 15) is 0 Å². The fourth-order valence-corrected chi connectivity index (χ4v) is 3.77. The molecule has 20 heavy (non-hydrogen) atoms. The molecule has 3 nitrogen and oxygen atoms in total. The third kappa shape index (κ3) is 1.96. The summed E-state index contributed by atoms with van der Waals surface area (Å²) in [6.07, 6.45) is 4.77. The molecule has 4 rings (SSSR count). The first kappa shape index (κ1) is 13.9. The van der Waals surface area contributed by atoms with Gasteiger partial charge in [-0.25, -0.2) is 0 Å². The number of fused-ring (bicyclic) bond motifs is 2. The molecule has 1 aliphatic carbocycles. The lowest BCUT2D eigenvalue weighted by Crippen LogP contribution is -2.49. The summed E-state index contributed by atoms with van der Waals surface area (Å²) in [4.78, 5) is 6.02. The second-order valence-corrected chi connectivity index (χ2v) is 5.68. The lowest BCUT2D eigenvalue weighted by Gasteiger charge is -2.43. The average Bonchev–Trinajstić information content (AvgIpc) is 2.85. The molecule has 4 heteroatoms. The molecule has 0 radical (unpaired) electrons. The molecule has 1 fully saturated rings. The van der Waals surface area contributed by atoms with Crippen molar-refractivity contribution in [3.05, 3.63) is 35.5 Å². The molecule has 1 aliphatic heterocycles. The summed E-state index contributed by atoms with van der Waals surface area (Å²) < 4.78 is 6.12. The molecule has 1 aromatic carbocycles. The van der Waals surface area contributed by atoms with Crippen molar-refractivity contribution in [2.75, 3.05) is 19.7 Å². The molecule has 108 valence electrons. The highest BCUT2D eigenvalue weighted by atomic mass is 35.5. The molecule has 0 saturated carbocycles. The van der Waals surface area contributed by atoms with Gasteiger partial charge in [-0.1, -0.05) is 19.1 Å². The van der Waals surface area contributed by atoms with Gasteiger partial charge in [-0.15, -0.1) is 12.4 Å². The Balaban J connectivity index is 0.00000121. The number of aromatic nitrogens is 1. The van der Waals surface area contributed by atoms with E-state index in [2.05, 4.69) is 41.2 Å². The molecular weight excluding hydrogens is 272 g/mol. The quantitative estimate of drug-likeness (QED) is 0.920. The van der Waals surface area contributed by atoms with Crippen LogP contribution in [0.5, 0.6) is 0 Å². The van der Waals surface area contributed by atoms with E-state index in [1.54, 1.807) is 0 Å². The average molecular weight is 293 g/mol. The van der Waals surface area contributed by atoms with Gasteiger partial charge >= 0.3 is 0 Å². The summed E-state index contributed by atoms with van der Waals surface area (Å²) in [6, 6.07) is 7.06. The van der Waals surface area contributed by atoms with Crippen LogP contribution < -0.4 is 0 Å². The van der Waals surface area contributed by atoms with Gasteiger partial charge < -0.3 is 9.72 Å². The molecule has 1 unspecified atom stereocenters. The minimum Gasteiger partial charge on any atom is -0.371 e. The maximum atomic E-state index is 6.12. The predicted molar refractivity (Wildman–Crippen MR) is 83.6 cm³/mol. The van der Waals surface area contributed by atoms with E-state index in [1.807, 2.05) is 0 Å². The zero-order valence-electron chi connectivity index (χ0n) is 11.8. The highest BCUT2D eigenvalue weighted by Crippen LogP contribution is 2.40. The minimum absolute atomic E-state index is 0. The monoisotopic (exact) mass is 292 g/mol. The van der Waals surface area contributed by atoms with Crippen molar-refractivity contribution < 1.29 is 4.74 Å². The van der Waals surface area contributed by atoms with Crippen LogP contribution in [0.3, 0.4) is 0 Å². The normalized spacial score (nSPS) is 25.2. The van der Waals surface area contributed by atoms with Gasteiger partial charge in [-0.2, -0.15) is 0 Å². The van der Waals surface area contributed by atoms with Gasteiger partial charge in [0.15, 0.2) is 0 Å². The third-order valence-electron chi connectivity index (χ3n) is 4.56. The second kappa shape index (κ2) is 5.40. The summed E-state index contributed by atoms with van der Waals surface area (Å²) in [5.41, 5.74) is 4.09. The molecule has 2 heterocycles. The van der Waals surface area contributed by atoms with Crippen molar-refractivity contribution >= 4 is 23.3 Å². The second-order valence-electron chi connectivity index (χ2n) is 5.68. The molecular formula is C16H21ClN2O. The summed E-state index contributed by atoms with van der Waals surface area (Å²) >= 11 is 0. The Morgan fingerprint density at radius 1 is 1.40 bits per heavy atom. The number of ether oxygens (including phenoxy) is 1. The van der Waals surface area contributed by atoms with Crippen molar-refractivity contribution in [3.8, 4) is 0 Å². The number of H-pyrrole nitrogens is 1. The topological polar surface area (TPSA) is 28.3 Å². The molecule has 2 aromatic rings. The van der Waals surface area contributed by atoms with E-state index in [-0.39, 0.29) is 18.5 Å². The molecule has 1 saturated heterocycles. The number of morpholine rings is 1. The first-order valence-corrected chi connectivity index (χ1v) is 7.33. The van der Waals surface area contributed by atoms with Crippen molar-refractivity contribution in [2.24, 2.45) is 0 Å². The molecule has 0 amide bonds. The number of aromatic amines is 1. The number of benzene rings is 1. The Hall–Kier alpha value is -1.03. The summed E-state index contributed by atoms with van der Waals surface area (Å²) in [5, 5.41) is 1.40. The zero-order valence-corrected chi connectivity index (χ0v) is 12.6. The van der Waals surface area contributed by atoms with Gasteiger partial charge in [0.2, 0.25) is 0 Å². The van der Waals surface area contributed by atoms with Crippen molar-refractivity contribution in [1.82, 2.24) is 9.88 Å². The van der Waals surface area contributed by atoms with Gasteiger partial charge in [0.25, 0.3) is 0 Å². The smallest absolute Gasteiger partial charge is 0.0990 e. The van der Waals surface area contributed by atoms with Gasteiger partial charge in [-0.05, 0) is 36.6 Å². The maximum Gasteiger partial charge on any atom is 0.0990 e. The van der Waals surface area contributed by atoms with Crippen LogP contribution in [0, 0.1) is 0 Å². The van der Waals surface area contributed by atoms with Crippen LogP contribution in [0.15, 0.2) is 24.4 Å². The van der Waals surface area contributed by atoms with Crippen molar-refractivity contribution in [3.63, 3.8) is 0 Å². The van der Waals surface area contributed by atoms with Crippen LogP contribution in [-0.2, 0) is 11.2 Å². The van der Waals surface area contributed by atoms with E-state index >= 15 is 0 Å². The Morgan fingerprint density at radius 3 is 3.15 bits per heavy atom. The molecule has 2 aliphatic rings. The summed E-state index contributed by atoms with van der Waals surface area (Å²) in [6.45, 7) is 5.37. The summed E-state index contributed by atoms with van der Waals surface area (Å²) in [5.74, 6) is 0. The molecule has 2 atom stereocenters. The van der Waals surface area contributed by atoms with E-state index in [0.29, 0.717) is 6.04 Å². The van der Waals surface area contributed by atoms with Crippen LogP contribution in [0.4, 0.5) is 0 Å². The zero-order chi connectivity index (χ0) is 12.8. The highest BCUT2D eigenvalue weighted by molar-refractivity contribution is 5.88. The van der Waals surface area contributed by atoms with Crippen molar-refractivity contribution in [2.45, 2.75) is 31.9 Å². The fourth-order valence-electron chi connectivity index (χ4n) is 3.77. The summed E-state index contributed by atoms with van der Waals surface area (Å²) in [7, 11) is 0. The predicted octanol–water partition coefficient (Wildman–Crippen LogP) is 3.30. The van der Waals surface area contributed by atoms with Gasteiger partial charge in [0.1, 0.15) is 0 Å². The van der Waals surface area contributed by atoms with E-state index in [1.165, 1.54) is 35.0 Å². The van der Waals surface area contributed by atoms with Crippen LogP contribution in [0.1, 0.15) is 30.6 Å². The maximum absolute atomic E-state index is 6.12. The SMILES string of the molecule is CCCN1CCOC2c3cccc4[nH]cc(c34)C[C@H]21.Cl. The van der Waals surface area contributed by atoms with Crippen molar-refractivity contribution in [1.29, 1.82) is 0 Å². The number of nitrogens with zero attached hydrogens (tertiary/aromatic N) is 1. The number of hydrogen-bond acceptors (Lipinski definition) is 2. The number of halogens is 1. The Morgan fingerprint density at radius 2 is 2.30 bits per heavy atom. The van der Waals surface area contributed by atoms with Gasteiger partial charge in [-0.3, -0.25) is 4.90 Å². The Kier molecular flexibility index (Phi) is 3.76. The van der Waals surface area contributed by atoms with Crippen LogP contribution in [0.25, 0.3) is 10.9 Å². The number of hydrogen-bond donors (Lipinski definition) is 1. The van der Waals surface area contributed by atoms with Gasteiger partial charge in [0, 0.05) is 29.7 Å². The van der Waals surface area contributed by atoms with Crippen LogP contribution >= 0.6 is 12.4 Å². The Labute approximate surface area is 125 Å². The minimum atomic E-state index is 0. The lowest BCUT2D eigenvalue weighted by atomic mass is 9.85. The molecule has 1 N–H and O–H groups in total. The molecule has 0 spiro atoms. The number of nitrogens with one attached hydrogen (secondary N) is 1. The fraction of sp³-hybridized carbons (Fsp3) is 0.500. The van der Waals surface area contributed by atoms with E-state index in [4.69, 9.17) is 4.74 Å². The van der Waals surface area contributed by atoms with Crippen LogP contribution in [-0.4, -0.2) is 35.6 Å². The number of rotatable bonds is 2. The van der Waals surface area contributed by atoms with Crippen LogP contribution in [0.2, 0.25) is 0 Å². The Bertz CT molecular complexity index is 608. The van der Waals surface area contributed by atoms with Gasteiger partial charge in [0.05, 0.1) is 12.7 Å². The van der Waals surface area contributed by atoms with E-state index < -0.39 is 0 Å². The largest absolute Gasteiger partial charge is 0.371 e. The van der Waals surface area contributed by atoms with E-state index in [0.717, 1.165) is 19.6 Å². The lowest BCUT2D eigenvalue weighted by molar-refractivity contribution is -0.0739. The first-order chi connectivity index (χ1) is 9.38. The molecule has 1 aromatic heterocycles. The third-order valence-corrected chi connectivity index (χ3v) is 4.56. The molecule has 0 bridgehead atoms. The standard InChI is InChI=1S/C16H20N2O.ClH/c1-2-6-18-7-8-19-16-12-4-3-5-13-15(12)11(10-17-13)9-14(16)18;/h3-5,10,14,16-17H,2,6-9H2,1H3;1H/t14-,16?;/m1./s1.